The van der Waals surface area contributed by atoms with Crippen LogP contribution in [-0.2, 0) is 6.42 Å². The molecule has 0 radical (unpaired) electrons. The summed E-state index contributed by atoms with van der Waals surface area (Å²) in [5.41, 5.74) is 0.527. The van der Waals surface area contributed by atoms with E-state index >= 15 is 0 Å². The summed E-state index contributed by atoms with van der Waals surface area (Å²) < 4.78 is 5.80. The molecule has 1 atom stereocenters. The normalized spacial score (nSPS) is 17.2. The number of benzene rings is 1. The molecule has 2 N–H and O–H groups in total. The SMILES string of the molecule is CCNC(C#N)(COc1ccc(CCO)cc1)C1CC1. The fourth-order valence-electron chi connectivity index (χ4n) is 2.45. The zero-order valence-electron chi connectivity index (χ0n) is 11.9. The predicted molar refractivity (Wildman–Crippen MR) is 77.5 cm³/mol. The summed E-state index contributed by atoms with van der Waals surface area (Å²) in [6.45, 7) is 3.31. The van der Waals surface area contributed by atoms with Gasteiger partial charge in [-0.1, -0.05) is 19.1 Å². The van der Waals surface area contributed by atoms with Gasteiger partial charge in [-0.2, -0.15) is 5.26 Å². The monoisotopic (exact) mass is 274 g/mol. The molecule has 4 heteroatoms. The molecule has 0 bridgehead atoms. The van der Waals surface area contributed by atoms with E-state index in [2.05, 4.69) is 11.4 Å². The molecule has 20 heavy (non-hydrogen) atoms. The van der Waals surface area contributed by atoms with Gasteiger partial charge in [-0.05, 0) is 49.4 Å². The largest absolute Gasteiger partial charge is 0.491 e. The number of rotatable bonds is 8. The standard InChI is InChI=1S/C16H22N2O2/c1-2-18-16(11-17,14-5-6-14)12-20-15-7-3-13(4-8-15)9-10-19/h3-4,7-8,14,18-19H,2,5-6,9-10,12H2,1H3. The molecule has 2 rings (SSSR count). The lowest BCUT2D eigenvalue weighted by atomic mass is 9.96. The first-order valence-corrected chi connectivity index (χ1v) is 7.23. The quantitative estimate of drug-likeness (QED) is 0.759. The molecule has 1 aliphatic rings. The van der Waals surface area contributed by atoms with Gasteiger partial charge in [0.05, 0.1) is 6.07 Å². The average Bonchev–Trinajstić information content (AvgIpc) is 3.30. The third-order valence-corrected chi connectivity index (χ3v) is 3.76. The maximum absolute atomic E-state index is 9.49. The lowest BCUT2D eigenvalue weighted by Crippen LogP contribution is -2.50. The van der Waals surface area contributed by atoms with E-state index in [1.807, 2.05) is 31.2 Å². The molecule has 0 saturated heterocycles. The van der Waals surface area contributed by atoms with Gasteiger partial charge in [0.25, 0.3) is 0 Å². The van der Waals surface area contributed by atoms with Gasteiger partial charge in [-0.3, -0.25) is 5.32 Å². The van der Waals surface area contributed by atoms with E-state index in [1.165, 1.54) is 0 Å². The van der Waals surface area contributed by atoms with Gasteiger partial charge in [-0.25, -0.2) is 0 Å². The van der Waals surface area contributed by atoms with Crippen molar-refractivity contribution in [2.75, 3.05) is 19.8 Å². The van der Waals surface area contributed by atoms with Crippen LogP contribution in [0.5, 0.6) is 5.75 Å². The number of nitrogens with zero attached hydrogens (tertiary/aromatic N) is 1. The molecular weight excluding hydrogens is 252 g/mol. The van der Waals surface area contributed by atoms with Crippen LogP contribution < -0.4 is 10.1 Å². The average molecular weight is 274 g/mol. The summed E-state index contributed by atoms with van der Waals surface area (Å²) in [6, 6.07) is 10.1. The van der Waals surface area contributed by atoms with Crippen molar-refractivity contribution in [2.45, 2.75) is 31.7 Å². The Morgan fingerprint density at radius 3 is 2.60 bits per heavy atom. The highest BCUT2D eigenvalue weighted by Gasteiger charge is 2.46. The summed E-state index contributed by atoms with van der Waals surface area (Å²) >= 11 is 0. The second-order valence-corrected chi connectivity index (χ2v) is 5.29. The van der Waals surface area contributed by atoms with E-state index in [9.17, 15) is 5.26 Å². The maximum Gasteiger partial charge on any atom is 0.143 e. The van der Waals surface area contributed by atoms with E-state index < -0.39 is 5.54 Å². The maximum atomic E-state index is 9.49. The highest BCUT2D eigenvalue weighted by molar-refractivity contribution is 5.28. The molecule has 1 aliphatic carbocycles. The fraction of sp³-hybridized carbons (Fsp3) is 0.562. The Kier molecular flexibility index (Phi) is 4.99. The number of likely N-dealkylation sites (N-methyl/N-ethyl adjacent to an activating group) is 1. The summed E-state index contributed by atoms with van der Waals surface area (Å²) in [5, 5.41) is 21.7. The van der Waals surface area contributed by atoms with Gasteiger partial charge in [-0.15, -0.1) is 0 Å². The summed E-state index contributed by atoms with van der Waals surface area (Å²) in [5.74, 6) is 1.17. The van der Waals surface area contributed by atoms with Crippen molar-refractivity contribution in [3.8, 4) is 11.8 Å². The third kappa shape index (κ3) is 3.50. The number of hydrogen-bond donors (Lipinski definition) is 2. The Morgan fingerprint density at radius 2 is 2.10 bits per heavy atom. The molecule has 0 spiro atoms. The molecular formula is C16H22N2O2. The Morgan fingerprint density at radius 1 is 1.40 bits per heavy atom. The van der Waals surface area contributed by atoms with E-state index in [0.717, 1.165) is 30.7 Å². The Balaban J connectivity index is 1.97. The van der Waals surface area contributed by atoms with Crippen LogP contribution >= 0.6 is 0 Å². The second kappa shape index (κ2) is 6.74. The van der Waals surface area contributed by atoms with Gasteiger partial charge < -0.3 is 9.84 Å². The van der Waals surface area contributed by atoms with E-state index in [1.54, 1.807) is 0 Å². The Hall–Kier alpha value is -1.57. The van der Waals surface area contributed by atoms with Gasteiger partial charge in [0.15, 0.2) is 0 Å². The molecule has 0 amide bonds. The van der Waals surface area contributed by atoms with Crippen molar-refractivity contribution in [3.63, 3.8) is 0 Å². The number of aliphatic hydroxyl groups is 1. The van der Waals surface area contributed by atoms with Crippen molar-refractivity contribution >= 4 is 0 Å². The van der Waals surface area contributed by atoms with Crippen LogP contribution in [0.3, 0.4) is 0 Å². The van der Waals surface area contributed by atoms with Crippen LogP contribution in [0.4, 0.5) is 0 Å². The minimum atomic E-state index is -0.557. The smallest absolute Gasteiger partial charge is 0.143 e. The second-order valence-electron chi connectivity index (χ2n) is 5.29. The van der Waals surface area contributed by atoms with Crippen LogP contribution in [0.15, 0.2) is 24.3 Å². The number of nitrogens with one attached hydrogen (secondary N) is 1. The van der Waals surface area contributed by atoms with Crippen LogP contribution in [0.25, 0.3) is 0 Å². The number of aliphatic hydroxyl groups excluding tert-OH is 1. The number of ether oxygens (including phenoxy) is 1. The van der Waals surface area contributed by atoms with E-state index in [4.69, 9.17) is 9.84 Å². The highest BCUT2D eigenvalue weighted by Crippen LogP contribution is 2.39. The molecule has 1 aromatic rings. The van der Waals surface area contributed by atoms with Crippen molar-refractivity contribution in [1.29, 1.82) is 5.26 Å². The van der Waals surface area contributed by atoms with Crippen LogP contribution in [0, 0.1) is 17.2 Å². The first-order valence-electron chi connectivity index (χ1n) is 7.23. The van der Waals surface area contributed by atoms with Gasteiger partial charge in [0.2, 0.25) is 0 Å². The van der Waals surface area contributed by atoms with E-state index in [-0.39, 0.29) is 6.61 Å². The fourth-order valence-corrected chi connectivity index (χ4v) is 2.45. The van der Waals surface area contributed by atoms with Crippen LogP contribution in [-0.4, -0.2) is 30.4 Å². The summed E-state index contributed by atoms with van der Waals surface area (Å²) in [4.78, 5) is 0. The van der Waals surface area contributed by atoms with Gasteiger partial charge in [0, 0.05) is 6.61 Å². The lowest BCUT2D eigenvalue weighted by Gasteiger charge is -2.27. The molecule has 1 aromatic carbocycles. The summed E-state index contributed by atoms with van der Waals surface area (Å²) in [6.07, 6.45) is 2.85. The Labute approximate surface area is 120 Å². The highest BCUT2D eigenvalue weighted by atomic mass is 16.5. The molecule has 1 saturated carbocycles. The number of nitriles is 1. The minimum Gasteiger partial charge on any atom is -0.491 e. The lowest BCUT2D eigenvalue weighted by molar-refractivity contribution is 0.204. The summed E-state index contributed by atoms with van der Waals surface area (Å²) in [7, 11) is 0. The van der Waals surface area contributed by atoms with Crippen molar-refractivity contribution in [3.05, 3.63) is 29.8 Å². The topological polar surface area (TPSA) is 65.3 Å². The predicted octanol–water partition coefficient (Wildman–Crippen LogP) is 1.88. The molecule has 4 nitrogen and oxygen atoms in total. The van der Waals surface area contributed by atoms with Crippen LogP contribution in [0.1, 0.15) is 25.3 Å². The first-order chi connectivity index (χ1) is 9.74. The van der Waals surface area contributed by atoms with Crippen molar-refractivity contribution < 1.29 is 9.84 Å². The molecule has 108 valence electrons. The molecule has 1 fully saturated rings. The van der Waals surface area contributed by atoms with E-state index in [0.29, 0.717) is 18.9 Å². The van der Waals surface area contributed by atoms with Crippen LogP contribution in [0.2, 0.25) is 0 Å². The Bertz CT molecular complexity index is 462. The molecule has 0 aliphatic heterocycles. The zero-order valence-corrected chi connectivity index (χ0v) is 11.9. The molecule has 1 unspecified atom stereocenters. The number of hydrogen-bond acceptors (Lipinski definition) is 4. The van der Waals surface area contributed by atoms with Crippen molar-refractivity contribution in [1.82, 2.24) is 5.32 Å². The zero-order chi connectivity index (χ0) is 14.4. The first kappa shape index (κ1) is 14.8. The molecule has 0 aromatic heterocycles. The van der Waals surface area contributed by atoms with Gasteiger partial charge in [0.1, 0.15) is 17.9 Å². The van der Waals surface area contributed by atoms with Crippen molar-refractivity contribution in [2.24, 2.45) is 5.92 Å². The minimum absolute atomic E-state index is 0.153. The third-order valence-electron chi connectivity index (χ3n) is 3.76. The van der Waals surface area contributed by atoms with Gasteiger partial charge >= 0.3 is 0 Å². The molecule has 0 heterocycles.